The molecule has 0 saturated carbocycles. The maximum atomic E-state index is 11.8. The monoisotopic (exact) mass is 204 g/mol. The molecule has 1 unspecified atom stereocenters. The van der Waals surface area contributed by atoms with Crippen LogP contribution in [0.2, 0.25) is 0 Å². The Morgan fingerprint density at radius 2 is 1.93 bits per heavy atom. The highest BCUT2D eigenvalue weighted by Crippen LogP contribution is 2.16. The van der Waals surface area contributed by atoms with Gasteiger partial charge in [0.25, 0.3) is 0 Å². The second-order valence-electron chi connectivity index (χ2n) is 3.55. The van der Waals surface area contributed by atoms with Gasteiger partial charge in [-0.1, -0.05) is 18.2 Å². The van der Waals surface area contributed by atoms with E-state index in [-0.39, 0.29) is 18.4 Å². The summed E-state index contributed by atoms with van der Waals surface area (Å²) in [6.07, 6.45) is 0. The molecule has 0 aliphatic carbocycles. The minimum absolute atomic E-state index is 0.0687. The fourth-order valence-corrected chi connectivity index (χ4v) is 1.63. The Bertz CT molecular complexity index is 389. The average molecular weight is 204 g/mol. The van der Waals surface area contributed by atoms with Gasteiger partial charge >= 0.3 is 0 Å². The first-order valence-corrected chi connectivity index (χ1v) is 4.84. The van der Waals surface area contributed by atoms with E-state index < -0.39 is 6.04 Å². The van der Waals surface area contributed by atoms with Crippen molar-refractivity contribution in [2.75, 3.05) is 11.4 Å². The van der Waals surface area contributed by atoms with Crippen molar-refractivity contribution in [1.29, 1.82) is 0 Å². The lowest BCUT2D eigenvalue weighted by Crippen LogP contribution is -2.57. The molecule has 0 spiro atoms. The average Bonchev–Trinajstić information content (AvgIpc) is 2.24. The van der Waals surface area contributed by atoms with Gasteiger partial charge in [0, 0.05) is 5.69 Å². The van der Waals surface area contributed by atoms with Gasteiger partial charge in [-0.25, -0.2) is 0 Å². The van der Waals surface area contributed by atoms with E-state index in [1.165, 1.54) is 4.90 Å². The van der Waals surface area contributed by atoms with Crippen LogP contribution >= 0.6 is 0 Å². The van der Waals surface area contributed by atoms with E-state index >= 15 is 0 Å². The van der Waals surface area contributed by atoms with Gasteiger partial charge in [0.1, 0.15) is 12.6 Å². The van der Waals surface area contributed by atoms with Crippen molar-refractivity contribution in [1.82, 2.24) is 5.32 Å². The van der Waals surface area contributed by atoms with Crippen LogP contribution in [-0.2, 0) is 9.59 Å². The number of nitrogens with one attached hydrogen (secondary N) is 1. The lowest BCUT2D eigenvalue weighted by atomic mass is 10.2. The highest BCUT2D eigenvalue weighted by molar-refractivity contribution is 6.06. The smallest absolute Gasteiger partial charge is 0.249 e. The number of amides is 2. The van der Waals surface area contributed by atoms with Crippen molar-refractivity contribution in [2.24, 2.45) is 0 Å². The first-order valence-electron chi connectivity index (χ1n) is 4.84. The van der Waals surface area contributed by atoms with Crippen LogP contribution in [-0.4, -0.2) is 24.4 Å². The Morgan fingerprint density at radius 1 is 1.27 bits per heavy atom. The molecule has 1 aromatic rings. The van der Waals surface area contributed by atoms with E-state index in [0.717, 1.165) is 5.69 Å². The molecular weight excluding hydrogens is 192 g/mol. The van der Waals surface area contributed by atoms with Gasteiger partial charge in [0.2, 0.25) is 11.8 Å². The summed E-state index contributed by atoms with van der Waals surface area (Å²) in [5.41, 5.74) is 0.768. The van der Waals surface area contributed by atoms with Gasteiger partial charge < -0.3 is 10.2 Å². The van der Waals surface area contributed by atoms with E-state index in [1.54, 1.807) is 6.92 Å². The SMILES string of the molecule is CC1NC(=O)CN(c2ccccc2)C1=O. The van der Waals surface area contributed by atoms with Gasteiger partial charge in [0.15, 0.2) is 0 Å². The lowest BCUT2D eigenvalue weighted by Gasteiger charge is -2.30. The second kappa shape index (κ2) is 3.73. The van der Waals surface area contributed by atoms with Gasteiger partial charge in [-0.15, -0.1) is 0 Å². The highest BCUT2D eigenvalue weighted by atomic mass is 16.2. The normalized spacial score (nSPS) is 21.4. The molecule has 0 aromatic heterocycles. The Hall–Kier alpha value is -1.84. The lowest BCUT2D eigenvalue weighted by molar-refractivity contribution is -0.130. The maximum Gasteiger partial charge on any atom is 0.249 e. The molecular formula is C11H12N2O2. The highest BCUT2D eigenvalue weighted by Gasteiger charge is 2.30. The third-order valence-corrected chi connectivity index (χ3v) is 2.38. The number of para-hydroxylation sites is 1. The van der Waals surface area contributed by atoms with Crippen molar-refractivity contribution in [3.05, 3.63) is 30.3 Å². The number of hydrogen-bond donors (Lipinski definition) is 1. The van der Waals surface area contributed by atoms with Crippen LogP contribution in [0.15, 0.2) is 30.3 Å². The molecule has 1 heterocycles. The number of carbonyl (C=O) groups excluding carboxylic acids is 2. The summed E-state index contributed by atoms with van der Waals surface area (Å²) in [7, 11) is 0. The van der Waals surface area contributed by atoms with E-state index in [1.807, 2.05) is 30.3 Å². The predicted molar refractivity (Wildman–Crippen MR) is 56.4 cm³/mol. The number of nitrogens with zero attached hydrogens (tertiary/aromatic N) is 1. The number of carbonyl (C=O) groups is 2. The zero-order valence-electron chi connectivity index (χ0n) is 8.43. The fourth-order valence-electron chi connectivity index (χ4n) is 1.63. The molecule has 1 aromatic carbocycles. The molecule has 0 bridgehead atoms. The Morgan fingerprint density at radius 3 is 2.60 bits per heavy atom. The van der Waals surface area contributed by atoms with Gasteiger partial charge in [-0.3, -0.25) is 9.59 Å². The minimum atomic E-state index is -0.438. The van der Waals surface area contributed by atoms with E-state index in [2.05, 4.69) is 5.32 Å². The Balaban J connectivity index is 2.28. The maximum absolute atomic E-state index is 11.8. The standard InChI is InChI=1S/C11H12N2O2/c1-8-11(15)13(7-10(14)12-8)9-5-3-2-4-6-9/h2-6,8H,7H2,1H3,(H,12,14). The second-order valence-corrected chi connectivity index (χ2v) is 3.55. The molecule has 1 aliphatic heterocycles. The first kappa shape index (κ1) is 9.71. The molecule has 2 amide bonds. The number of piperazine rings is 1. The van der Waals surface area contributed by atoms with Crippen LogP contribution in [0.5, 0.6) is 0 Å². The molecule has 78 valence electrons. The van der Waals surface area contributed by atoms with Gasteiger partial charge in [0.05, 0.1) is 0 Å². The van der Waals surface area contributed by atoms with E-state index in [4.69, 9.17) is 0 Å². The Labute approximate surface area is 87.9 Å². The Kier molecular flexibility index (Phi) is 2.41. The molecule has 1 fully saturated rings. The van der Waals surface area contributed by atoms with Crippen molar-refractivity contribution < 1.29 is 9.59 Å². The first-order chi connectivity index (χ1) is 7.18. The molecule has 0 radical (unpaired) electrons. The topological polar surface area (TPSA) is 49.4 Å². The molecule has 1 atom stereocenters. The summed E-state index contributed by atoms with van der Waals surface area (Å²) in [6, 6.07) is 8.78. The summed E-state index contributed by atoms with van der Waals surface area (Å²) in [5.74, 6) is -0.188. The van der Waals surface area contributed by atoms with Crippen molar-refractivity contribution in [3.8, 4) is 0 Å². The van der Waals surface area contributed by atoms with Crippen LogP contribution in [0.1, 0.15) is 6.92 Å². The quantitative estimate of drug-likeness (QED) is 0.725. The van der Waals surface area contributed by atoms with Gasteiger partial charge in [-0.2, -0.15) is 0 Å². The van der Waals surface area contributed by atoms with E-state index in [9.17, 15) is 9.59 Å². The van der Waals surface area contributed by atoms with Crippen LogP contribution in [0.4, 0.5) is 5.69 Å². The molecule has 1 aliphatic rings. The summed E-state index contributed by atoms with van der Waals surface area (Å²) < 4.78 is 0. The van der Waals surface area contributed by atoms with Crippen molar-refractivity contribution in [2.45, 2.75) is 13.0 Å². The van der Waals surface area contributed by atoms with Crippen LogP contribution in [0.25, 0.3) is 0 Å². The summed E-state index contributed by atoms with van der Waals surface area (Å²) in [6.45, 7) is 1.79. The molecule has 4 nitrogen and oxygen atoms in total. The van der Waals surface area contributed by atoms with Crippen LogP contribution in [0, 0.1) is 0 Å². The minimum Gasteiger partial charge on any atom is -0.343 e. The number of hydrogen-bond acceptors (Lipinski definition) is 2. The summed E-state index contributed by atoms with van der Waals surface area (Å²) in [4.78, 5) is 24.6. The van der Waals surface area contributed by atoms with Crippen molar-refractivity contribution >= 4 is 17.5 Å². The fraction of sp³-hybridized carbons (Fsp3) is 0.273. The molecule has 2 rings (SSSR count). The molecule has 1 N–H and O–H groups in total. The number of benzene rings is 1. The molecule has 4 heteroatoms. The molecule has 15 heavy (non-hydrogen) atoms. The number of anilines is 1. The summed E-state index contributed by atoms with van der Waals surface area (Å²) in [5, 5.41) is 2.60. The predicted octanol–water partition coefficient (Wildman–Crippen LogP) is 0.538. The zero-order valence-corrected chi connectivity index (χ0v) is 8.43. The van der Waals surface area contributed by atoms with Gasteiger partial charge in [-0.05, 0) is 19.1 Å². The number of rotatable bonds is 1. The summed E-state index contributed by atoms with van der Waals surface area (Å²) >= 11 is 0. The van der Waals surface area contributed by atoms with E-state index in [0.29, 0.717) is 0 Å². The van der Waals surface area contributed by atoms with Crippen LogP contribution in [0.3, 0.4) is 0 Å². The third kappa shape index (κ3) is 1.83. The largest absolute Gasteiger partial charge is 0.343 e. The third-order valence-electron chi connectivity index (χ3n) is 2.38. The van der Waals surface area contributed by atoms with Crippen molar-refractivity contribution in [3.63, 3.8) is 0 Å². The zero-order chi connectivity index (χ0) is 10.8. The van der Waals surface area contributed by atoms with Crippen LogP contribution < -0.4 is 10.2 Å². The molecule has 1 saturated heterocycles.